The topological polar surface area (TPSA) is 166 Å². The molecule has 0 bridgehead atoms. The Balaban J connectivity index is 1.62. The van der Waals surface area contributed by atoms with Gasteiger partial charge < -0.3 is 30.0 Å². The Morgan fingerprint density at radius 1 is 1.16 bits per heavy atom. The Kier molecular flexibility index (Phi) is 6.70. The molecule has 0 aliphatic carbocycles. The van der Waals surface area contributed by atoms with Gasteiger partial charge in [0.15, 0.2) is 11.5 Å². The van der Waals surface area contributed by atoms with Crippen molar-refractivity contribution < 1.29 is 32.6 Å². The van der Waals surface area contributed by atoms with Crippen LogP contribution in [0.5, 0.6) is 6.01 Å². The molecule has 168 valence electrons. The number of hydrogen-bond acceptors (Lipinski definition) is 7. The van der Waals surface area contributed by atoms with Crippen LogP contribution in [0.15, 0.2) is 35.1 Å². The number of imidazole rings is 1. The highest BCUT2D eigenvalue weighted by molar-refractivity contribution is 7.53. The van der Waals surface area contributed by atoms with Gasteiger partial charge in [-0.3, -0.25) is 9.13 Å². The van der Waals surface area contributed by atoms with Crippen LogP contribution in [0.3, 0.4) is 0 Å². The van der Waals surface area contributed by atoms with Gasteiger partial charge in [-0.15, -0.1) is 0 Å². The van der Waals surface area contributed by atoms with Crippen molar-refractivity contribution in [1.82, 2.24) is 19.5 Å². The largest absolute Gasteiger partial charge is 0.461 e. The first-order chi connectivity index (χ1) is 14.6. The molecule has 0 fully saturated rings. The van der Waals surface area contributed by atoms with Crippen LogP contribution in [-0.4, -0.2) is 54.8 Å². The van der Waals surface area contributed by atoms with E-state index in [2.05, 4.69) is 15.0 Å². The summed E-state index contributed by atoms with van der Waals surface area (Å²) in [5.41, 5.74) is 2.64. The first-order valence-corrected chi connectivity index (χ1v) is 10.6. The summed E-state index contributed by atoms with van der Waals surface area (Å²) < 4.78 is 48.6. The van der Waals surface area contributed by atoms with Crippen LogP contribution >= 0.6 is 7.60 Å². The van der Waals surface area contributed by atoms with Crippen molar-refractivity contribution in [2.45, 2.75) is 18.6 Å². The number of nitrogens with zero attached hydrogens (tertiary/aromatic N) is 3. The maximum Gasteiger partial charge on any atom is 0.394 e. The van der Waals surface area contributed by atoms with Gasteiger partial charge in [-0.05, 0) is 5.56 Å². The summed E-state index contributed by atoms with van der Waals surface area (Å²) in [6.45, 7) is -0.646. The first-order valence-electron chi connectivity index (χ1n) is 9.02. The number of fused-ring (bicyclic) bond motifs is 1. The van der Waals surface area contributed by atoms with Crippen molar-refractivity contribution in [3.63, 3.8) is 0 Å². The minimum absolute atomic E-state index is 0.00823. The second-order valence-electron chi connectivity index (χ2n) is 6.51. The predicted octanol–water partition coefficient (Wildman–Crippen LogP) is 1.31. The van der Waals surface area contributed by atoms with Gasteiger partial charge in [0.25, 0.3) is 0 Å². The number of nitrogens with one attached hydrogen (secondary N) is 1. The maximum absolute atomic E-state index is 13.2. The van der Waals surface area contributed by atoms with E-state index in [9.17, 15) is 18.1 Å². The number of alkyl halides is 2. The van der Waals surface area contributed by atoms with Gasteiger partial charge in [0.1, 0.15) is 12.1 Å². The van der Waals surface area contributed by atoms with Crippen molar-refractivity contribution in [2.75, 3.05) is 25.6 Å². The fourth-order valence-corrected chi connectivity index (χ4v) is 3.03. The van der Waals surface area contributed by atoms with E-state index in [0.717, 1.165) is 5.56 Å². The van der Waals surface area contributed by atoms with E-state index in [0.29, 0.717) is 0 Å². The van der Waals surface area contributed by atoms with Gasteiger partial charge in [-0.2, -0.15) is 18.7 Å². The predicted molar refractivity (Wildman–Crippen MR) is 106 cm³/mol. The van der Waals surface area contributed by atoms with Crippen LogP contribution in [0, 0.1) is 0 Å². The summed E-state index contributed by atoms with van der Waals surface area (Å²) in [5.74, 6) is -0.00823. The number of aromatic nitrogens is 4. The van der Waals surface area contributed by atoms with Gasteiger partial charge in [0.2, 0.25) is 0 Å². The van der Waals surface area contributed by atoms with E-state index in [1.165, 1.54) is 4.57 Å². The SMILES string of the molecule is Nc1nc(OCCOCCC(F)(F)P(=O)(O)O)nc2c1[nH]c(=O)n2Cc1ccccc1. The van der Waals surface area contributed by atoms with Crippen LogP contribution in [-0.2, 0) is 15.8 Å². The molecular formula is C17H20F2N5O6P. The van der Waals surface area contributed by atoms with Gasteiger partial charge >= 0.3 is 25.0 Å². The molecule has 0 aliphatic rings. The molecule has 0 atom stereocenters. The fourth-order valence-electron chi connectivity index (χ4n) is 2.64. The molecule has 0 saturated carbocycles. The summed E-state index contributed by atoms with van der Waals surface area (Å²) in [5, 5.41) is 0. The Hall–Kier alpha value is -2.86. The van der Waals surface area contributed by atoms with E-state index in [1.54, 1.807) is 0 Å². The van der Waals surface area contributed by atoms with Gasteiger partial charge in [0, 0.05) is 6.42 Å². The minimum atomic E-state index is -5.54. The number of hydrogen-bond donors (Lipinski definition) is 4. The highest BCUT2D eigenvalue weighted by Gasteiger charge is 2.47. The van der Waals surface area contributed by atoms with Crippen molar-refractivity contribution in [1.29, 1.82) is 0 Å². The molecule has 0 aliphatic heterocycles. The van der Waals surface area contributed by atoms with E-state index < -0.39 is 32.0 Å². The zero-order chi connectivity index (χ0) is 22.6. The number of ether oxygens (including phenoxy) is 2. The summed E-state index contributed by atoms with van der Waals surface area (Å²) in [7, 11) is -5.54. The Labute approximate surface area is 174 Å². The standard InChI is InChI=1S/C17H20F2N5O6P/c18-17(19,31(26,27)28)6-7-29-8-9-30-15-22-13(20)12-14(23-15)24(16(25)21-12)10-11-4-2-1-3-5-11/h1-5H,6-10H2,(H,21,25)(H2,20,22,23)(H2,26,27,28). The van der Waals surface area contributed by atoms with Gasteiger partial charge in [-0.1, -0.05) is 30.3 Å². The Morgan fingerprint density at radius 2 is 1.87 bits per heavy atom. The number of nitrogen functional groups attached to an aromatic ring is 1. The van der Waals surface area contributed by atoms with E-state index in [4.69, 9.17) is 25.0 Å². The van der Waals surface area contributed by atoms with Crippen LogP contribution in [0.4, 0.5) is 14.6 Å². The zero-order valence-electron chi connectivity index (χ0n) is 16.1. The van der Waals surface area contributed by atoms with Gasteiger partial charge in [0.05, 0.1) is 19.8 Å². The molecule has 2 aromatic heterocycles. The molecule has 14 heteroatoms. The molecule has 3 rings (SSSR count). The molecule has 0 radical (unpaired) electrons. The molecule has 0 saturated heterocycles. The normalized spacial score (nSPS) is 12.4. The molecule has 0 amide bonds. The maximum atomic E-state index is 13.2. The van der Waals surface area contributed by atoms with E-state index >= 15 is 0 Å². The molecule has 11 nitrogen and oxygen atoms in total. The first kappa shape index (κ1) is 22.8. The second kappa shape index (κ2) is 9.10. The fraction of sp³-hybridized carbons (Fsp3) is 0.353. The smallest absolute Gasteiger partial charge is 0.394 e. The molecule has 5 N–H and O–H groups in total. The Bertz CT molecular complexity index is 1150. The van der Waals surface area contributed by atoms with Crippen molar-refractivity contribution in [2.24, 2.45) is 0 Å². The summed E-state index contributed by atoms with van der Waals surface area (Å²) in [4.78, 5) is 40.1. The average Bonchev–Trinajstić information content (AvgIpc) is 3.01. The van der Waals surface area contributed by atoms with Crippen LogP contribution in [0.1, 0.15) is 12.0 Å². The van der Waals surface area contributed by atoms with E-state index in [1.807, 2.05) is 30.3 Å². The quantitative estimate of drug-likeness (QED) is 0.258. The molecule has 31 heavy (non-hydrogen) atoms. The Morgan fingerprint density at radius 3 is 2.55 bits per heavy atom. The number of anilines is 1. The lowest BCUT2D eigenvalue weighted by Gasteiger charge is -2.17. The van der Waals surface area contributed by atoms with Crippen molar-refractivity contribution >= 4 is 24.6 Å². The van der Waals surface area contributed by atoms with Crippen LogP contribution in [0.25, 0.3) is 11.2 Å². The molecular weight excluding hydrogens is 439 g/mol. The molecule has 2 heterocycles. The third-order valence-electron chi connectivity index (χ3n) is 4.25. The molecule has 1 aromatic carbocycles. The highest BCUT2D eigenvalue weighted by Crippen LogP contribution is 2.54. The summed E-state index contributed by atoms with van der Waals surface area (Å²) in [6.07, 6.45) is -1.14. The monoisotopic (exact) mass is 459 g/mol. The number of aromatic amines is 1. The number of nitrogens with two attached hydrogens (primary N) is 1. The van der Waals surface area contributed by atoms with Crippen LogP contribution in [0.2, 0.25) is 0 Å². The van der Waals surface area contributed by atoms with E-state index in [-0.39, 0.29) is 42.8 Å². The van der Waals surface area contributed by atoms with Crippen LogP contribution < -0.4 is 16.2 Å². The number of rotatable bonds is 10. The molecule has 0 unspecified atom stereocenters. The van der Waals surface area contributed by atoms with Gasteiger partial charge in [-0.25, -0.2) is 4.79 Å². The van der Waals surface area contributed by atoms with Crippen molar-refractivity contribution in [3.8, 4) is 6.01 Å². The van der Waals surface area contributed by atoms with Crippen molar-refractivity contribution in [3.05, 3.63) is 46.4 Å². The lowest BCUT2D eigenvalue weighted by atomic mass is 10.2. The minimum Gasteiger partial charge on any atom is -0.461 e. The lowest BCUT2D eigenvalue weighted by molar-refractivity contribution is 0.00926. The third-order valence-corrected chi connectivity index (χ3v) is 5.32. The molecule has 0 spiro atoms. The number of H-pyrrole nitrogens is 1. The summed E-state index contributed by atoms with van der Waals surface area (Å²) in [6, 6.07) is 9.07. The average molecular weight is 459 g/mol. The second-order valence-corrected chi connectivity index (χ2v) is 8.25. The lowest BCUT2D eigenvalue weighted by Crippen LogP contribution is -2.20. The number of halogens is 2. The third kappa shape index (κ3) is 5.44. The number of benzene rings is 1. The highest BCUT2D eigenvalue weighted by atomic mass is 31.2. The summed E-state index contributed by atoms with van der Waals surface area (Å²) >= 11 is 0. The zero-order valence-corrected chi connectivity index (χ0v) is 17.0. The molecule has 3 aromatic rings.